The highest BCUT2D eigenvalue weighted by Gasteiger charge is 2.42. The minimum Gasteiger partial charge on any atom is -0.454 e. The second-order valence-electron chi connectivity index (χ2n) is 15.1. The zero-order valence-corrected chi connectivity index (χ0v) is 35.0. The predicted molar refractivity (Wildman–Crippen MR) is 243 cm³/mol. The fourth-order valence-corrected chi connectivity index (χ4v) is 8.18. The molecule has 316 valence electrons. The van der Waals surface area contributed by atoms with Crippen molar-refractivity contribution in [2.24, 2.45) is 0 Å². The number of benzene rings is 6. The Bertz CT molecular complexity index is 2910. The molecular formula is C52H43N7O5. The molecule has 3 heterocycles. The number of esters is 1. The van der Waals surface area contributed by atoms with Crippen molar-refractivity contribution in [2.45, 2.75) is 38.5 Å². The van der Waals surface area contributed by atoms with E-state index in [1.807, 2.05) is 89.6 Å². The monoisotopic (exact) mass is 845 g/mol. The smallest absolute Gasteiger partial charge is 0.454 e. The molecule has 9 rings (SSSR count). The lowest BCUT2D eigenvalue weighted by molar-refractivity contribution is 0.0444. The maximum Gasteiger partial charge on any atom is 0.519 e. The third-order valence-electron chi connectivity index (χ3n) is 11.2. The van der Waals surface area contributed by atoms with Crippen molar-refractivity contribution in [3.05, 3.63) is 227 Å². The summed E-state index contributed by atoms with van der Waals surface area (Å²) in [5, 5.41) is 13.8. The maximum atomic E-state index is 13.7. The van der Waals surface area contributed by atoms with Gasteiger partial charge in [0.05, 0.1) is 0 Å². The molecule has 0 bridgehead atoms. The molecule has 0 aliphatic heterocycles. The van der Waals surface area contributed by atoms with Gasteiger partial charge in [0.25, 0.3) is 0 Å². The molecule has 0 radical (unpaired) electrons. The van der Waals surface area contributed by atoms with Crippen LogP contribution in [0.1, 0.15) is 58.1 Å². The van der Waals surface area contributed by atoms with Crippen molar-refractivity contribution in [1.29, 1.82) is 0 Å². The van der Waals surface area contributed by atoms with E-state index in [0.717, 1.165) is 51.8 Å². The van der Waals surface area contributed by atoms with Gasteiger partial charge in [-0.1, -0.05) is 183 Å². The van der Waals surface area contributed by atoms with Crippen LogP contribution in [-0.4, -0.2) is 42.7 Å². The summed E-state index contributed by atoms with van der Waals surface area (Å²) >= 11 is 0. The summed E-state index contributed by atoms with van der Waals surface area (Å²) in [6.07, 6.45) is 4.65. The van der Waals surface area contributed by atoms with Crippen LogP contribution in [-0.2, 0) is 23.4 Å². The van der Waals surface area contributed by atoms with E-state index >= 15 is 0 Å². The van der Waals surface area contributed by atoms with Gasteiger partial charge in [-0.3, -0.25) is 0 Å². The molecule has 0 fully saturated rings. The van der Waals surface area contributed by atoms with Gasteiger partial charge in [-0.05, 0) is 50.2 Å². The Balaban J connectivity index is 1.02. The maximum absolute atomic E-state index is 13.7. The average molecular weight is 846 g/mol. The van der Waals surface area contributed by atoms with E-state index in [2.05, 4.69) is 99.8 Å². The SMILES string of the molecule is CCCCN(Cc1ccc(-c2ccccc2-c2nnnn2C(c2ccccc2)(c2ccccc2)c2ccccc2)cc1)c1ncncc1C(=O)OCc1oc(=O)oc1-c1ccccc1. The number of rotatable bonds is 16. The molecule has 6 aromatic carbocycles. The highest BCUT2D eigenvalue weighted by molar-refractivity contribution is 5.94. The number of anilines is 1. The highest BCUT2D eigenvalue weighted by atomic mass is 16.6. The summed E-state index contributed by atoms with van der Waals surface area (Å²) in [5.74, 6) is -0.194. The predicted octanol–water partition coefficient (Wildman–Crippen LogP) is 10.0. The third-order valence-corrected chi connectivity index (χ3v) is 11.2. The molecule has 0 unspecified atom stereocenters. The van der Waals surface area contributed by atoms with E-state index in [1.54, 1.807) is 12.1 Å². The van der Waals surface area contributed by atoms with E-state index < -0.39 is 17.3 Å². The van der Waals surface area contributed by atoms with Gasteiger partial charge in [0.2, 0.25) is 0 Å². The van der Waals surface area contributed by atoms with Crippen molar-refractivity contribution < 1.29 is 18.4 Å². The summed E-state index contributed by atoms with van der Waals surface area (Å²) in [5.41, 5.74) is 6.75. The summed E-state index contributed by atoms with van der Waals surface area (Å²) < 4.78 is 18.2. The molecule has 9 aromatic rings. The van der Waals surface area contributed by atoms with Gasteiger partial charge < -0.3 is 18.5 Å². The van der Waals surface area contributed by atoms with Crippen LogP contribution in [0.3, 0.4) is 0 Å². The van der Waals surface area contributed by atoms with Gasteiger partial charge >= 0.3 is 11.8 Å². The lowest BCUT2D eigenvalue weighted by Gasteiger charge is -2.36. The molecule has 0 saturated heterocycles. The second-order valence-corrected chi connectivity index (χ2v) is 15.1. The minimum atomic E-state index is -0.909. The van der Waals surface area contributed by atoms with Crippen LogP contribution < -0.4 is 10.7 Å². The van der Waals surface area contributed by atoms with Crippen molar-refractivity contribution >= 4 is 11.8 Å². The number of hydrogen-bond acceptors (Lipinski definition) is 11. The summed E-state index contributed by atoms with van der Waals surface area (Å²) in [7, 11) is 0. The fraction of sp³-hybridized carbons (Fsp3) is 0.135. The minimum absolute atomic E-state index is 0.104. The third kappa shape index (κ3) is 8.24. The quantitative estimate of drug-likeness (QED) is 0.0677. The molecule has 0 N–H and O–H groups in total. The largest absolute Gasteiger partial charge is 0.519 e. The number of nitrogens with zero attached hydrogens (tertiary/aromatic N) is 7. The molecule has 0 spiro atoms. The van der Waals surface area contributed by atoms with Crippen LogP contribution in [0, 0.1) is 0 Å². The second kappa shape index (κ2) is 18.8. The Labute approximate surface area is 369 Å². The molecular weight excluding hydrogens is 803 g/mol. The van der Waals surface area contributed by atoms with Crippen LogP contribution in [0.25, 0.3) is 33.8 Å². The number of ether oxygens (including phenoxy) is 1. The highest BCUT2D eigenvalue weighted by Crippen LogP contribution is 2.43. The average Bonchev–Trinajstić information content (AvgIpc) is 4.01. The topological polar surface area (TPSA) is 142 Å². The van der Waals surface area contributed by atoms with Gasteiger partial charge in [0, 0.05) is 30.4 Å². The number of carbonyl (C=O) groups excluding carboxylic acids is 1. The van der Waals surface area contributed by atoms with Crippen LogP contribution in [0.5, 0.6) is 0 Å². The Morgan fingerprint density at radius 3 is 1.92 bits per heavy atom. The first-order valence-electron chi connectivity index (χ1n) is 21.1. The first-order valence-corrected chi connectivity index (χ1v) is 21.1. The van der Waals surface area contributed by atoms with Crippen molar-refractivity contribution in [3.63, 3.8) is 0 Å². The van der Waals surface area contributed by atoms with E-state index in [4.69, 9.17) is 23.9 Å². The Hall–Kier alpha value is -8.25. The molecule has 3 aromatic heterocycles. The van der Waals surface area contributed by atoms with E-state index in [1.165, 1.54) is 12.5 Å². The van der Waals surface area contributed by atoms with Gasteiger partial charge in [0.1, 0.15) is 23.2 Å². The summed E-state index contributed by atoms with van der Waals surface area (Å²) in [6.45, 7) is 2.88. The molecule has 12 nitrogen and oxygen atoms in total. The van der Waals surface area contributed by atoms with Crippen LogP contribution in [0.4, 0.5) is 5.82 Å². The van der Waals surface area contributed by atoms with E-state index in [9.17, 15) is 9.59 Å². The first kappa shape index (κ1) is 41.1. The number of hydrogen-bond donors (Lipinski definition) is 0. The normalized spacial score (nSPS) is 11.3. The number of aromatic nitrogens is 6. The zero-order valence-electron chi connectivity index (χ0n) is 35.0. The van der Waals surface area contributed by atoms with Gasteiger partial charge in [-0.2, -0.15) is 0 Å². The number of tetrazole rings is 1. The van der Waals surface area contributed by atoms with Gasteiger partial charge in [0.15, 0.2) is 24.0 Å². The Morgan fingerprint density at radius 2 is 1.30 bits per heavy atom. The van der Waals surface area contributed by atoms with Crippen molar-refractivity contribution in [1.82, 2.24) is 30.2 Å². The molecule has 64 heavy (non-hydrogen) atoms. The van der Waals surface area contributed by atoms with Gasteiger partial charge in [-0.25, -0.2) is 24.2 Å². The lowest BCUT2D eigenvalue weighted by Crippen LogP contribution is -2.39. The van der Waals surface area contributed by atoms with Crippen LogP contribution >= 0.6 is 0 Å². The lowest BCUT2D eigenvalue weighted by atomic mass is 9.77. The number of unbranched alkanes of at least 4 members (excludes halogenated alkanes) is 1. The summed E-state index contributed by atoms with van der Waals surface area (Å²) in [6, 6.07) is 56.6. The molecule has 12 heteroatoms. The Morgan fingerprint density at radius 1 is 0.703 bits per heavy atom. The van der Waals surface area contributed by atoms with E-state index in [-0.39, 0.29) is 23.7 Å². The fourth-order valence-electron chi connectivity index (χ4n) is 8.18. The molecule has 0 aliphatic rings. The summed E-state index contributed by atoms with van der Waals surface area (Å²) in [4.78, 5) is 36.6. The van der Waals surface area contributed by atoms with Crippen molar-refractivity contribution in [2.75, 3.05) is 11.4 Å². The van der Waals surface area contributed by atoms with E-state index in [0.29, 0.717) is 30.3 Å². The molecule has 0 atom stereocenters. The standard InChI is InChI=1S/C52H43N7O5/c1-2-3-32-58(48-45(33-53-36-54-48)50(60)62-35-46-47(64-51(61)63-46)39-18-8-4-9-19-39)34-37-28-30-38(31-29-37)43-26-16-17-27-44(43)49-55-56-57-59(49)52(40-20-10-5-11-21-40,41-22-12-6-13-23-41)42-24-14-7-15-25-42/h4-31,33,36H,2-3,32,34-35H2,1H3. The Kier molecular flexibility index (Phi) is 12.1. The van der Waals surface area contributed by atoms with Gasteiger partial charge in [-0.15, -0.1) is 5.10 Å². The first-order chi connectivity index (χ1) is 31.5. The van der Waals surface area contributed by atoms with Crippen molar-refractivity contribution in [3.8, 4) is 33.8 Å². The number of carbonyl (C=O) groups is 1. The molecule has 0 aliphatic carbocycles. The van der Waals surface area contributed by atoms with Crippen LogP contribution in [0.15, 0.2) is 196 Å². The zero-order chi connectivity index (χ0) is 43.7. The molecule has 0 amide bonds. The van der Waals surface area contributed by atoms with Crippen LogP contribution in [0.2, 0.25) is 0 Å². The molecule has 0 saturated carbocycles.